The minimum atomic E-state index is -0.665. The number of nitrogens with zero attached hydrogens (tertiary/aromatic N) is 2. The van der Waals surface area contributed by atoms with Crippen molar-refractivity contribution in [2.45, 2.75) is 31.8 Å². The Kier molecular flexibility index (Phi) is 3.64. The number of aliphatic hydroxyl groups is 1. The molecule has 1 aliphatic rings. The Labute approximate surface area is 124 Å². The standard InChI is InChI=1S/C17H20N2O2/c1-17(21)8-4-11-19(12-9-17)16(20)15-14-6-3-2-5-13(14)7-10-18-15/h2-3,5-7,10,21H,4,8-9,11-12H2,1H3. The van der Waals surface area contributed by atoms with E-state index >= 15 is 0 Å². The SMILES string of the molecule is CC1(O)CCCN(C(=O)c2nccc3ccccc23)CC1. The molecular weight excluding hydrogens is 264 g/mol. The fourth-order valence-corrected chi connectivity index (χ4v) is 2.91. The summed E-state index contributed by atoms with van der Waals surface area (Å²) in [6.45, 7) is 3.10. The van der Waals surface area contributed by atoms with Gasteiger partial charge in [-0.3, -0.25) is 9.78 Å². The molecular formula is C17H20N2O2. The van der Waals surface area contributed by atoms with Crippen molar-refractivity contribution in [3.05, 3.63) is 42.2 Å². The van der Waals surface area contributed by atoms with Crippen LogP contribution in [0.1, 0.15) is 36.7 Å². The van der Waals surface area contributed by atoms with E-state index in [2.05, 4.69) is 4.98 Å². The number of benzene rings is 1. The average Bonchev–Trinajstić information content (AvgIpc) is 2.67. The van der Waals surface area contributed by atoms with Crippen LogP contribution in [0, 0.1) is 0 Å². The Balaban J connectivity index is 1.90. The molecule has 0 aliphatic carbocycles. The normalized spacial score (nSPS) is 23.0. The van der Waals surface area contributed by atoms with E-state index in [9.17, 15) is 9.90 Å². The Morgan fingerprint density at radius 3 is 2.90 bits per heavy atom. The minimum absolute atomic E-state index is 0.0375. The van der Waals surface area contributed by atoms with Gasteiger partial charge in [0.2, 0.25) is 0 Å². The van der Waals surface area contributed by atoms with Crippen LogP contribution in [-0.2, 0) is 0 Å². The summed E-state index contributed by atoms with van der Waals surface area (Å²) in [7, 11) is 0. The Hall–Kier alpha value is -1.94. The summed E-state index contributed by atoms with van der Waals surface area (Å²) >= 11 is 0. The number of pyridine rings is 1. The van der Waals surface area contributed by atoms with Crippen LogP contribution in [0.15, 0.2) is 36.5 Å². The summed E-state index contributed by atoms with van der Waals surface area (Å²) in [6.07, 6.45) is 3.86. The van der Waals surface area contributed by atoms with Gasteiger partial charge in [0.1, 0.15) is 5.69 Å². The molecule has 1 N–H and O–H groups in total. The molecule has 1 aromatic carbocycles. The van der Waals surface area contributed by atoms with Gasteiger partial charge in [0, 0.05) is 24.7 Å². The van der Waals surface area contributed by atoms with Crippen molar-refractivity contribution in [3.8, 4) is 0 Å². The number of carbonyl (C=O) groups is 1. The second kappa shape index (κ2) is 5.45. The van der Waals surface area contributed by atoms with Crippen LogP contribution < -0.4 is 0 Å². The van der Waals surface area contributed by atoms with Crippen molar-refractivity contribution >= 4 is 16.7 Å². The fourth-order valence-electron chi connectivity index (χ4n) is 2.91. The molecule has 2 aromatic rings. The van der Waals surface area contributed by atoms with Crippen LogP contribution in [-0.4, -0.2) is 39.6 Å². The smallest absolute Gasteiger partial charge is 0.273 e. The third-order valence-corrected chi connectivity index (χ3v) is 4.23. The zero-order chi connectivity index (χ0) is 14.9. The van der Waals surface area contributed by atoms with Crippen molar-refractivity contribution in [1.29, 1.82) is 0 Å². The largest absolute Gasteiger partial charge is 0.390 e. The summed E-state index contributed by atoms with van der Waals surface area (Å²) in [5.41, 5.74) is -0.157. The maximum atomic E-state index is 12.8. The molecule has 1 aliphatic heterocycles. The van der Waals surface area contributed by atoms with E-state index < -0.39 is 5.60 Å². The second-order valence-corrected chi connectivity index (χ2v) is 6.02. The number of likely N-dealkylation sites (tertiary alicyclic amines) is 1. The lowest BCUT2D eigenvalue weighted by molar-refractivity contribution is 0.0437. The molecule has 3 rings (SSSR count). The lowest BCUT2D eigenvalue weighted by Gasteiger charge is -2.22. The molecule has 1 atom stereocenters. The number of amides is 1. The summed E-state index contributed by atoms with van der Waals surface area (Å²) in [6, 6.07) is 9.72. The van der Waals surface area contributed by atoms with Crippen molar-refractivity contribution in [3.63, 3.8) is 0 Å². The Morgan fingerprint density at radius 2 is 2.05 bits per heavy atom. The van der Waals surface area contributed by atoms with Crippen LogP contribution in [0.25, 0.3) is 10.8 Å². The van der Waals surface area contributed by atoms with Crippen molar-refractivity contribution in [2.24, 2.45) is 0 Å². The zero-order valence-corrected chi connectivity index (χ0v) is 12.2. The van der Waals surface area contributed by atoms with Crippen molar-refractivity contribution in [2.75, 3.05) is 13.1 Å². The van der Waals surface area contributed by atoms with Crippen molar-refractivity contribution < 1.29 is 9.90 Å². The van der Waals surface area contributed by atoms with E-state index in [0.717, 1.165) is 23.6 Å². The number of hydrogen-bond donors (Lipinski definition) is 1. The number of aromatic nitrogens is 1. The molecule has 1 aromatic heterocycles. The topological polar surface area (TPSA) is 53.4 Å². The molecule has 1 fully saturated rings. The van der Waals surface area contributed by atoms with Crippen LogP contribution >= 0.6 is 0 Å². The highest BCUT2D eigenvalue weighted by Crippen LogP contribution is 2.24. The summed E-state index contributed by atoms with van der Waals surface area (Å²) in [4.78, 5) is 18.9. The van der Waals surface area contributed by atoms with Gasteiger partial charge in [0.25, 0.3) is 5.91 Å². The lowest BCUT2D eigenvalue weighted by Crippen LogP contribution is -2.34. The minimum Gasteiger partial charge on any atom is -0.390 e. The number of hydrogen-bond acceptors (Lipinski definition) is 3. The van der Waals surface area contributed by atoms with Crippen LogP contribution in [0.4, 0.5) is 0 Å². The predicted molar refractivity (Wildman–Crippen MR) is 82.1 cm³/mol. The molecule has 0 radical (unpaired) electrons. The molecule has 4 nitrogen and oxygen atoms in total. The monoisotopic (exact) mass is 284 g/mol. The number of rotatable bonds is 1. The van der Waals surface area contributed by atoms with E-state index in [1.54, 1.807) is 6.20 Å². The van der Waals surface area contributed by atoms with Crippen LogP contribution in [0.5, 0.6) is 0 Å². The van der Waals surface area contributed by atoms with E-state index in [-0.39, 0.29) is 5.91 Å². The van der Waals surface area contributed by atoms with Crippen LogP contribution in [0.2, 0.25) is 0 Å². The van der Waals surface area contributed by atoms with Gasteiger partial charge in [-0.15, -0.1) is 0 Å². The van der Waals surface area contributed by atoms with Crippen molar-refractivity contribution in [1.82, 2.24) is 9.88 Å². The summed E-state index contributed by atoms with van der Waals surface area (Å²) in [5.74, 6) is -0.0375. The maximum Gasteiger partial charge on any atom is 0.273 e. The number of carbonyl (C=O) groups excluding carboxylic acids is 1. The first-order valence-corrected chi connectivity index (χ1v) is 7.42. The van der Waals surface area contributed by atoms with E-state index in [4.69, 9.17) is 0 Å². The molecule has 0 spiro atoms. The highest BCUT2D eigenvalue weighted by Gasteiger charge is 2.28. The third kappa shape index (κ3) is 2.90. The molecule has 1 saturated heterocycles. The van der Waals surface area contributed by atoms with Gasteiger partial charge in [-0.05, 0) is 37.6 Å². The molecule has 4 heteroatoms. The highest BCUT2D eigenvalue weighted by molar-refractivity contribution is 6.05. The summed E-state index contributed by atoms with van der Waals surface area (Å²) < 4.78 is 0. The van der Waals surface area contributed by atoms with Crippen LogP contribution in [0.3, 0.4) is 0 Å². The van der Waals surface area contributed by atoms with Gasteiger partial charge in [-0.25, -0.2) is 0 Å². The van der Waals surface area contributed by atoms with E-state index in [1.165, 1.54) is 0 Å². The first kappa shape index (κ1) is 14.0. The molecule has 0 saturated carbocycles. The van der Waals surface area contributed by atoms with Gasteiger partial charge >= 0.3 is 0 Å². The molecule has 0 bridgehead atoms. The highest BCUT2D eigenvalue weighted by atomic mass is 16.3. The Bertz CT molecular complexity index is 661. The predicted octanol–water partition coefficient (Wildman–Crippen LogP) is 2.61. The quantitative estimate of drug-likeness (QED) is 0.875. The Morgan fingerprint density at radius 1 is 1.24 bits per heavy atom. The fraction of sp³-hybridized carbons (Fsp3) is 0.412. The maximum absolute atomic E-state index is 12.8. The summed E-state index contributed by atoms with van der Waals surface area (Å²) in [5, 5.41) is 12.1. The molecule has 21 heavy (non-hydrogen) atoms. The molecule has 1 amide bonds. The molecule has 2 heterocycles. The average molecular weight is 284 g/mol. The zero-order valence-electron chi connectivity index (χ0n) is 12.2. The first-order valence-electron chi connectivity index (χ1n) is 7.42. The van der Waals surface area contributed by atoms with Gasteiger partial charge < -0.3 is 10.0 Å². The lowest BCUT2D eigenvalue weighted by atomic mass is 9.98. The van der Waals surface area contributed by atoms with Gasteiger partial charge in [-0.2, -0.15) is 0 Å². The first-order chi connectivity index (χ1) is 10.1. The van der Waals surface area contributed by atoms with E-state index in [1.807, 2.05) is 42.2 Å². The van der Waals surface area contributed by atoms with Gasteiger partial charge in [0.05, 0.1) is 5.60 Å². The molecule has 110 valence electrons. The molecule has 1 unspecified atom stereocenters. The van der Waals surface area contributed by atoms with E-state index in [0.29, 0.717) is 25.2 Å². The third-order valence-electron chi connectivity index (χ3n) is 4.23. The second-order valence-electron chi connectivity index (χ2n) is 6.02. The van der Waals surface area contributed by atoms with Gasteiger partial charge in [-0.1, -0.05) is 24.3 Å². The van der Waals surface area contributed by atoms with Gasteiger partial charge in [0.15, 0.2) is 0 Å². The number of fused-ring (bicyclic) bond motifs is 1.